The Hall–Kier alpha value is -1.51. The summed E-state index contributed by atoms with van der Waals surface area (Å²) in [5, 5.41) is 9.15. The maximum absolute atomic E-state index is 10.4. The fourth-order valence-corrected chi connectivity index (χ4v) is 0.848. The predicted octanol–water partition coefficient (Wildman–Crippen LogP) is 2.23. The molecule has 15 heavy (non-hydrogen) atoms. The number of phenolic OH excluding ortho intramolecular Hbond substituents is 1. The molecule has 84 valence electrons. The fourth-order valence-electron chi connectivity index (χ4n) is 0.848. The third-order valence-electron chi connectivity index (χ3n) is 1.86. The van der Waals surface area contributed by atoms with Crippen LogP contribution in [0.5, 0.6) is 5.75 Å². The molecular weight excluding hydrogens is 190 g/mol. The Bertz CT molecular complexity index is 295. The van der Waals surface area contributed by atoms with E-state index in [1.165, 1.54) is 18.9 Å². The Morgan fingerprint density at radius 2 is 1.80 bits per heavy atom. The molecule has 0 heterocycles. The number of rotatable bonds is 3. The Morgan fingerprint density at radius 3 is 2.20 bits per heavy atom. The molecule has 3 nitrogen and oxygen atoms in total. The standard InChI is InChI=1S/C8H9NO2.C4H10/c9-8(11)5-6-3-1-2-4-7(6)10;1-3-4-2/h1-4,10H,5H2,(H2,9,11);3-4H2,1-2H3. The van der Waals surface area contributed by atoms with E-state index in [-0.39, 0.29) is 12.2 Å². The van der Waals surface area contributed by atoms with Gasteiger partial charge in [-0.3, -0.25) is 4.79 Å². The van der Waals surface area contributed by atoms with Crippen LogP contribution in [-0.2, 0) is 11.2 Å². The minimum atomic E-state index is -0.438. The highest BCUT2D eigenvalue weighted by Gasteiger charge is 2.01. The first-order valence-corrected chi connectivity index (χ1v) is 5.17. The first-order chi connectivity index (χ1) is 7.11. The zero-order chi connectivity index (χ0) is 11.7. The van der Waals surface area contributed by atoms with Gasteiger partial charge in [-0.05, 0) is 6.07 Å². The van der Waals surface area contributed by atoms with E-state index in [4.69, 9.17) is 10.8 Å². The average Bonchev–Trinajstić information content (AvgIpc) is 2.21. The topological polar surface area (TPSA) is 63.3 Å². The zero-order valence-corrected chi connectivity index (χ0v) is 9.36. The molecule has 0 radical (unpaired) electrons. The van der Waals surface area contributed by atoms with Gasteiger partial charge < -0.3 is 10.8 Å². The van der Waals surface area contributed by atoms with Gasteiger partial charge in [0.15, 0.2) is 0 Å². The van der Waals surface area contributed by atoms with E-state index < -0.39 is 5.91 Å². The summed E-state index contributed by atoms with van der Waals surface area (Å²) in [7, 11) is 0. The summed E-state index contributed by atoms with van der Waals surface area (Å²) in [5.74, 6) is -0.321. The highest BCUT2D eigenvalue weighted by Crippen LogP contribution is 2.15. The molecule has 0 atom stereocenters. The van der Waals surface area contributed by atoms with Gasteiger partial charge in [0, 0.05) is 5.56 Å². The van der Waals surface area contributed by atoms with Crippen molar-refractivity contribution in [3.63, 3.8) is 0 Å². The molecule has 0 spiro atoms. The number of primary amides is 1. The molecule has 0 unspecified atom stereocenters. The lowest BCUT2D eigenvalue weighted by Crippen LogP contribution is -2.13. The van der Waals surface area contributed by atoms with Crippen LogP contribution in [0.4, 0.5) is 0 Å². The Morgan fingerprint density at radius 1 is 1.27 bits per heavy atom. The van der Waals surface area contributed by atoms with E-state index in [1.807, 2.05) is 0 Å². The highest BCUT2D eigenvalue weighted by atomic mass is 16.3. The van der Waals surface area contributed by atoms with Gasteiger partial charge >= 0.3 is 0 Å². The van der Waals surface area contributed by atoms with Gasteiger partial charge in [-0.25, -0.2) is 0 Å². The summed E-state index contributed by atoms with van der Waals surface area (Å²) >= 11 is 0. The number of benzene rings is 1. The number of hydrogen-bond acceptors (Lipinski definition) is 2. The third-order valence-corrected chi connectivity index (χ3v) is 1.86. The number of phenols is 1. The Balaban J connectivity index is 0.000000423. The van der Waals surface area contributed by atoms with Crippen LogP contribution in [0.1, 0.15) is 32.3 Å². The number of carbonyl (C=O) groups excluding carboxylic acids is 1. The molecule has 1 rings (SSSR count). The number of unbranched alkanes of at least 4 members (excludes halogenated alkanes) is 1. The monoisotopic (exact) mass is 209 g/mol. The second-order valence-electron chi connectivity index (χ2n) is 3.27. The molecule has 0 bridgehead atoms. The molecule has 3 heteroatoms. The second-order valence-corrected chi connectivity index (χ2v) is 3.27. The second kappa shape index (κ2) is 7.85. The van der Waals surface area contributed by atoms with Crippen LogP contribution < -0.4 is 5.73 Å². The summed E-state index contributed by atoms with van der Waals surface area (Å²) in [4.78, 5) is 10.4. The lowest BCUT2D eigenvalue weighted by molar-refractivity contribution is -0.117. The number of carbonyl (C=O) groups is 1. The van der Waals surface area contributed by atoms with Crippen molar-refractivity contribution in [3.05, 3.63) is 29.8 Å². The van der Waals surface area contributed by atoms with Gasteiger partial charge in [-0.1, -0.05) is 44.9 Å². The molecule has 1 amide bonds. The number of amides is 1. The Kier molecular flexibility index (Phi) is 7.06. The first kappa shape index (κ1) is 13.5. The molecule has 0 aromatic heterocycles. The minimum Gasteiger partial charge on any atom is -0.508 e. The number of hydrogen-bond donors (Lipinski definition) is 2. The van der Waals surface area contributed by atoms with E-state index in [0.717, 1.165) is 0 Å². The van der Waals surface area contributed by atoms with Crippen molar-refractivity contribution in [1.82, 2.24) is 0 Å². The van der Waals surface area contributed by atoms with Crippen LogP contribution >= 0.6 is 0 Å². The van der Waals surface area contributed by atoms with E-state index >= 15 is 0 Å². The van der Waals surface area contributed by atoms with Gasteiger partial charge in [0.2, 0.25) is 5.91 Å². The quantitative estimate of drug-likeness (QED) is 0.801. The summed E-state index contributed by atoms with van der Waals surface area (Å²) in [6.45, 7) is 4.36. The van der Waals surface area contributed by atoms with Crippen molar-refractivity contribution >= 4 is 5.91 Å². The molecule has 0 saturated heterocycles. The third kappa shape index (κ3) is 6.55. The van der Waals surface area contributed by atoms with Crippen molar-refractivity contribution in [3.8, 4) is 5.75 Å². The maximum atomic E-state index is 10.4. The van der Waals surface area contributed by atoms with Crippen LogP contribution in [0, 0.1) is 0 Å². The summed E-state index contributed by atoms with van der Waals surface area (Å²) in [6.07, 6.45) is 2.73. The van der Waals surface area contributed by atoms with E-state index in [0.29, 0.717) is 5.56 Å². The highest BCUT2D eigenvalue weighted by molar-refractivity contribution is 5.77. The molecule has 0 aliphatic heterocycles. The maximum Gasteiger partial charge on any atom is 0.221 e. The van der Waals surface area contributed by atoms with Crippen molar-refractivity contribution < 1.29 is 9.90 Å². The summed E-state index contributed by atoms with van der Waals surface area (Å²) < 4.78 is 0. The largest absolute Gasteiger partial charge is 0.508 e. The van der Waals surface area contributed by atoms with E-state index in [1.54, 1.807) is 18.2 Å². The van der Waals surface area contributed by atoms with Crippen LogP contribution in [0.25, 0.3) is 0 Å². The van der Waals surface area contributed by atoms with Crippen LogP contribution in [-0.4, -0.2) is 11.0 Å². The zero-order valence-electron chi connectivity index (χ0n) is 9.36. The van der Waals surface area contributed by atoms with E-state index in [9.17, 15) is 4.79 Å². The molecule has 3 N–H and O–H groups in total. The van der Waals surface area contributed by atoms with Gasteiger partial charge in [-0.15, -0.1) is 0 Å². The Labute approximate surface area is 90.9 Å². The molecule has 1 aromatic carbocycles. The molecule has 0 fully saturated rings. The van der Waals surface area contributed by atoms with Crippen molar-refractivity contribution in [1.29, 1.82) is 0 Å². The first-order valence-electron chi connectivity index (χ1n) is 5.17. The van der Waals surface area contributed by atoms with E-state index in [2.05, 4.69) is 13.8 Å². The van der Waals surface area contributed by atoms with Crippen molar-refractivity contribution in [2.75, 3.05) is 0 Å². The van der Waals surface area contributed by atoms with Gasteiger partial charge in [0.1, 0.15) is 5.75 Å². The molecule has 0 aliphatic rings. The van der Waals surface area contributed by atoms with Crippen LogP contribution in [0.3, 0.4) is 0 Å². The molecule has 0 aliphatic carbocycles. The van der Waals surface area contributed by atoms with Crippen molar-refractivity contribution in [2.24, 2.45) is 5.73 Å². The van der Waals surface area contributed by atoms with Crippen LogP contribution in [0.2, 0.25) is 0 Å². The number of aromatic hydroxyl groups is 1. The number of para-hydroxylation sites is 1. The van der Waals surface area contributed by atoms with Crippen molar-refractivity contribution in [2.45, 2.75) is 33.1 Å². The SMILES string of the molecule is CCCC.NC(=O)Cc1ccccc1O. The summed E-state index contributed by atoms with van der Waals surface area (Å²) in [5.41, 5.74) is 5.51. The predicted molar refractivity (Wildman–Crippen MR) is 61.6 cm³/mol. The lowest BCUT2D eigenvalue weighted by atomic mass is 10.1. The molecule has 0 saturated carbocycles. The lowest BCUT2D eigenvalue weighted by Gasteiger charge is -1.99. The van der Waals surface area contributed by atoms with Gasteiger partial charge in [0.25, 0.3) is 0 Å². The average molecular weight is 209 g/mol. The number of nitrogens with two attached hydrogens (primary N) is 1. The normalized spacial score (nSPS) is 8.93. The molecular formula is C12H19NO2. The summed E-state index contributed by atoms with van der Waals surface area (Å²) in [6, 6.07) is 6.64. The van der Waals surface area contributed by atoms with Gasteiger partial charge in [-0.2, -0.15) is 0 Å². The minimum absolute atomic E-state index is 0.0900. The molecule has 1 aromatic rings. The fraction of sp³-hybridized carbons (Fsp3) is 0.417. The van der Waals surface area contributed by atoms with Gasteiger partial charge in [0.05, 0.1) is 6.42 Å². The smallest absolute Gasteiger partial charge is 0.221 e. The van der Waals surface area contributed by atoms with Crippen LogP contribution in [0.15, 0.2) is 24.3 Å².